The molecular weight excluding hydrogens is 532 g/mol. The fraction of sp³-hybridized carbons (Fsp3) is 0.571. The molecule has 2 N–H and O–H groups in total. The predicted molar refractivity (Wildman–Crippen MR) is 121 cm³/mol. The van der Waals surface area contributed by atoms with E-state index in [-0.39, 0.29) is 0 Å². The van der Waals surface area contributed by atoms with E-state index in [1.54, 1.807) is 0 Å². The van der Waals surface area contributed by atoms with E-state index in [0.29, 0.717) is 0 Å². The van der Waals surface area contributed by atoms with Gasteiger partial charge in [-0.2, -0.15) is 26.3 Å². The number of imidazole rings is 1. The van der Waals surface area contributed by atoms with Gasteiger partial charge in [0.1, 0.15) is 5.82 Å². The summed E-state index contributed by atoms with van der Waals surface area (Å²) in [7, 11) is 2.21. The highest BCUT2D eigenvalue weighted by Gasteiger charge is 2.38. The Hall–Kier alpha value is -2.69. The molecule has 2 aliphatic rings. The van der Waals surface area contributed by atoms with Crippen LogP contribution in [0, 0.1) is 0 Å². The Kier molecular flexibility index (Phi) is 10.9. The van der Waals surface area contributed by atoms with Crippen LogP contribution in [-0.4, -0.2) is 98.5 Å². The summed E-state index contributed by atoms with van der Waals surface area (Å²) in [5, 5.41) is 16.4. The molecule has 9 nitrogen and oxygen atoms in total. The van der Waals surface area contributed by atoms with Gasteiger partial charge < -0.3 is 19.7 Å². The maximum absolute atomic E-state index is 10.6. The van der Waals surface area contributed by atoms with Gasteiger partial charge in [0.25, 0.3) is 0 Å². The molecule has 0 aromatic carbocycles. The third-order valence-electron chi connectivity index (χ3n) is 5.45. The van der Waals surface area contributed by atoms with Crippen LogP contribution in [0.25, 0.3) is 0 Å². The van der Waals surface area contributed by atoms with E-state index in [1.165, 1.54) is 42.6 Å². The van der Waals surface area contributed by atoms with Gasteiger partial charge in [0.05, 0.1) is 12.2 Å². The smallest absolute Gasteiger partial charge is 0.475 e. The van der Waals surface area contributed by atoms with Crippen LogP contribution in [0.15, 0.2) is 23.7 Å². The number of hydrogen-bond acceptors (Lipinski definition) is 7. The van der Waals surface area contributed by atoms with Crippen LogP contribution >= 0.6 is 11.3 Å². The molecule has 0 radical (unpaired) electrons. The van der Waals surface area contributed by atoms with E-state index in [1.807, 2.05) is 11.3 Å². The Balaban J connectivity index is 0.000000286. The molecule has 2 aromatic heterocycles. The van der Waals surface area contributed by atoms with E-state index in [0.717, 1.165) is 32.7 Å². The second-order valence-electron chi connectivity index (χ2n) is 8.29. The quantitative estimate of drug-likeness (QED) is 0.552. The van der Waals surface area contributed by atoms with E-state index < -0.39 is 24.3 Å². The van der Waals surface area contributed by atoms with Gasteiger partial charge in [-0.25, -0.2) is 14.6 Å². The van der Waals surface area contributed by atoms with E-state index in [9.17, 15) is 26.3 Å². The van der Waals surface area contributed by atoms with Crippen LogP contribution in [-0.2, 0) is 35.8 Å². The monoisotopic (exact) mass is 559 g/mol. The number of nitrogens with zero attached hydrogens (tertiary/aromatic N) is 5. The third kappa shape index (κ3) is 10.3. The summed E-state index contributed by atoms with van der Waals surface area (Å²) < 4.78 is 65.9. The molecule has 1 saturated heterocycles. The molecule has 4 heterocycles. The average molecular weight is 560 g/mol. The fourth-order valence-electron chi connectivity index (χ4n) is 3.49. The summed E-state index contributed by atoms with van der Waals surface area (Å²) in [6.07, 6.45) is -8.07. The van der Waals surface area contributed by atoms with E-state index in [2.05, 4.69) is 50.0 Å². The maximum atomic E-state index is 10.6. The Morgan fingerprint density at radius 2 is 1.46 bits per heavy atom. The van der Waals surface area contributed by atoms with Crippen molar-refractivity contribution < 1.29 is 46.1 Å². The summed E-state index contributed by atoms with van der Waals surface area (Å²) in [6.45, 7) is 9.96. The number of piperazine rings is 1. The van der Waals surface area contributed by atoms with Crippen molar-refractivity contribution in [1.29, 1.82) is 0 Å². The van der Waals surface area contributed by atoms with Crippen molar-refractivity contribution in [2.45, 2.75) is 38.5 Å². The number of aliphatic carboxylic acids is 2. The summed E-state index contributed by atoms with van der Waals surface area (Å²) >= 11 is 1.85. The standard InChI is InChI=1S/C17H25N5S.2C2HF3O2/c1-19-4-6-20(7-5-19)12-15-11-18-17-14-21(8-9-22(15)17)13-16-3-2-10-23-16;2*3-2(4,5)1(6)7/h2-3,10-11H,4-9,12-14H2,1H3;2*(H,6,7). The number of alkyl halides is 6. The van der Waals surface area contributed by atoms with Crippen molar-refractivity contribution >= 4 is 23.3 Å². The molecule has 0 saturated carbocycles. The van der Waals surface area contributed by atoms with Crippen molar-refractivity contribution in [3.8, 4) is 0 Å². The highest BCUT2D eigenvalue weighted by atomic mass is 32.1. The van der Waals surface area contributed by atoms with Crippen molar-refractivity contribution in [2.75, 3.05) is 39.8 Å². The Bertz CT molecular complexity index is 980. The minimum atomic E-state index is -5.08. The first kappa shape index (κ1) is 30.5. The van der Waals surface area contributed by atoms with E-state index in [4.69, 9.17) is 24.8 Å². The number of rotatable bonds is 4. The molecule has 0 spiro atoms. The summed E-state index contributed by atoms with van der Waals surface area (Å²) in [4.78, 5) is 31.4. The second-order valence-corrected chi connectivity index (χ2v) is 9.32. The molecule has 16 heteroatoms. The highest BCUT2D eigenvalue weighted by molar-refractivity contribution is 7.09. The largest absolute Gasteiger partial charge is 0.490 e. The molecule has 0 atom stereocenters. The maximum Gasteiger partial charge on any atom is 0.490 e. The molecule has 4 rings (SSSR count). The molecule has 2 aromatic rings. The zero-order valence-electron chi connectivity index (χ0n) is 19.8. The van der Waals surface area contributed by atoms with Crippen molar-refractivity contribution in [1.82, 2.24) is 24.3 Å². The molecular formula is C21H27F6N5O4S. The molecule has 0 bridgehead atoms. The number of likely N-dealkylation sites (N-methyl/N-ethyl adjacent to an activating group) is 1. The Labute approximate surface area is 212 Å². The first-order valence-electron chi connectivity index (χ1n) is 11.0. The average Bonchev–Trinajstić information content (AvgIpc) is 3.45. The highest BCUT2D eigenvalue weighted by Crippen LogP contribution is 2.20. The minimum Gasteiger partial charge on any atom is -0.475 e. The number of thiophene rings is 1. The molecule has 37 heavy (non-hydrogen) atoms. The first-order valence-corrected chi connectivity index (χ1v) is 11.8. The van der Waals surface area contributed by atoms with Gasteiger partial charge in [-0.15, -0.1) is 11.3 Å². The summed E-state index contributed by atoms with van der Waals surface area (Å²) in [6, 6.07) is 4.36. The number of halogens is 6. The van der Waals surface area contributed by atoms with Gasteiger partial charge in [-0.05, 0) is 18.5 Å². The molecule has 208 valence electrons. The summed E-state index contributed by atoms with van der Waals surface area (Å²) in [5.74, 6) is -4.28. The molecule has 1 fully saturated rings. The van der Waals surface area contributed by atoms with Gasteiger partial charge in [-0.1, -0.05) is 6.07 Å². The number of fused-ring (bicyclic) bond motifs is 1. The van der Waals surface area contributed by atoms with Gasteiger partial charge in [-0.3, -0.25) is 9.80 Å². The molecule has 0 unspecified atom stereocenters. The second kappa shape index (κ2) is 13.2. The van der Waals surface area contributed by atoms with Crippen LogP contribution in [0.5, 0.6) is 0 Å². The van der Waals surface area contributed by atoms with Gasteiger partial charge in [0.15, 0.2) is 0 Å². The van der Waals surface area contributed by atoms with E-state index >= 15 is 0 Å². The normalized spacial score (nSPS) is 17.2. The topological polar surface area (TPSA) is 102 Å². The third-order valence-corrected chi connectivity index (χ3v) is 6.31. The molecule has 0 amide bonds. The van der Waals surface area contributed by atoms with Gasteiger partial charge in [0, 0.05) is 63.4 Å². The Morgan fingerprint density at radius 3 is 1.95 bits per heavy atom. The number of carbonyl (C=O) groups is 2. The lowest BCUT2D eigenvalue weighted by atomic mass is 10.3. The zero-order chi connectivity index (χ0) is 27.8. The molecule has 0 aliphatic carbocycles. The lowest BCUT2D eigenvalue weighted by Gasteiger charge is -2.33. The SMILES string of the molecule is CN1CCN(Cc2cnc3n2CCN(Cc2cccs2)C3)CC1.O=C(O)C(F)(F)F.O=C(O)C(F)(F)F. The van der Waals surface area contributed by atoms with Crippen molar-refractivity contribution in [3.63, 3.8) is 0 Å². The number of carboxylic acids is 2. The zero-order valence-corrected chi connectivity index (χ0v) is 20.6. The lowest BCUT2D eigenvalue weighted by molar-refractivity contribution is -0.193. The first-order chi connectivity index (χ1) is 17.2. The van der Waals surface area contributed by atoms with Crippen molar-refractivity contribution in [2.24, 2.45) is 0 Å². The number of aromatic nitrogens is 2. The van der Waals surface area contributed by atoms with Gasteiger partial charge in [0.2, 0.25) is 0 Å². The summed E-state index contributed by atoms with van der Waals surface area (Å²) in [5.41, 5.74) is 1.39. The lowest BCUT2D eigenvalue weighted by Crippen LogP contribution is -2.44. The minimum absolute atomic E-state index is 0.973. The number of carboxylic acid groups (broad SMARTS) is 2. The van der Waals surface area contributed by atoms with Crippen LogP contribution in [0.1, 0.15) is 16.4 Å². The fourth-order valence-corrected chi connectivity index (χ4v) is 4.24. The molecule has 2 aliphatic heterocycles. The van der Waals surface area contributed by atoms with Crippen LogP contribution in [0.4, 0.5) is 26.3 Å². The Morgan fingerprint density at radius 1 is 0.919 bits per heavy atom. The predicted octanol–water partition coefficient (Wildman–Crippen LogP) is 2.97. The van der Waals surface area contributed by atoms with Crippen LogP contribution < -0.4 is 0 Å². The number of hydrogen-bond donors (Lipinski definition) is 2. The van der Waals surface area contributed by atoms with Crippen molar-refractivity contribution in [3.05, 3.63) is 40.1 Å². The van der Waals surface area contributed by atoms with Crippen LogP contribution in [0.2, 0.25) is 0 Å². The van der Waals surface area contributed by atoms with Crippen LogP contribution in [0.3, 0.4) is 0 Å². The van der Waals surface area contributed by atoms with Gasteiger partial charge >= 0.3 is 24.3 Å².